The topological polar surface area (TPSA) is 75.4 Å². The second-order valence-electron chi connectivity index (χ2n) is 7.62. The van der Waals surface area contributed by atoms with E-state index >= 15 is 0 Å². The molecule has 3 heterocycles. The van der Waals surface area contributed by atoms with Gasteiger partial charge < -0.3 is 0 Å². The van der Waals surface area contributed by atoms with E-state index in [0.717, 1.165) is 16.7 Å². The fourth-order valence-electron chi connectivity index (χ4n) is 3.71. The van der Waals surface area contributed by atoms with Gasteiger partial charge in [0, 0.05) is 40.0 Å². The number of nitrogens with one attached hydrogen (secondary N) is 1. The second kappa shape index (κ2) is 9.32. The highest BCUT2D eigenvalue weighted by molar-refractivity contribution is 6.33. The molecule has 0 saturated heterocycles. The molecule has 0 bridgehead atoms. The van der Waals surface area contributed by atoms with Crippen LogP contribution in [0.4, 0.5) is 10.2 Å². The van der Waals surface area contributed by atoms with Crippen molar-refractivity contribution in [2.24, 2.45) is 0 Å². The molecule has 1 amide bonds. The molecule has 5 aromatic rings. The zero-order valence-corrected chi connectivity index (χ0v) is 19.8. The predicted octanol–water partition coefficient (Wildman–Crippen LogP) is 5.69. The van der Waals surface area contributed by atoms with E-state index in [9.17, 15) is 9.18 Å². The van der Waals surface area contributed by atoms with Gasteiger partial charge in [0.05, 0.1) is 11.9 Å². The number of amides is 1. The van der Waals surface area contributed by atoms with E-state index in [0.29, 0.717) is 21.4 Å². The molecule has 1 N–H and O–H groups in total. The number of aromatic nitrogens is 4. The number of benzene rings is 2. The van der Waals surface area contributed by atoms with Gasteiger partial charge in [-0.25, -0.2) is 14.5 Å². The lowest BCUT2D eigenvalue weighted by atomic mass is 10.0. The quantitative estimate of drug-likeness (QED) is 0.245. The molecule has 10 heteroatoms. The van der Waals surface area contributed by atoms with Crippen LogP contribution in [0.3, 0.4) is 0 Å². The third-order valence-corrected chi connectivity index (χ3v) is 5.95. The number of hydrogen-bond acceptors (Lipinski definition) is 5. The Kier molecular flexibility index (Phi) is 6.07. The highest BCUT2D eigenvalue weighted by Crippen LogP contribution is 2.36. The third kappa shape index (κ3) is 4.41. The van der Waals surface area contributed by atoms with E-state index in [2.05, 4.69) is 20.5 Å². The standard InChI is InChI=1S/C25H17Cl2FN6O/c1-33(22-8-4-7-21(28)31-22)32-25(35)19-14-30-34-23(15-9-11-16(26)12-10-15)18(13-29-24(19)34)17-5-2-3-6-20(17)27/h2-14H,1H3,(H,32,35). The number of pyridine rings is 1. The van der Waals surface area contributed by atoms with Gasteiger partial charge in [-0.2, -0.15) is 9.49 Å². The third-order valence-electron chi connectivity index (χ3n) is 5.37. The predicted molar refractivity (Wildman–Crippen MR) is 134 cm³/mol. The Balaban J connectivity index is 1.61. The molecule has 0 fully saturated rings. The number of halogens is 3. The average Bonchev–Trinajstić information content (AvgIpc) is 3.29. The minimum atomic E-state index is -0.652. The van der Waals surface area contributed by atoms with Crippen molar-refractivity contribution in [1.82, 2.24) is 25.0 Å². The molecule has 0 spiro atoms. The summed E-state index contributed by atoms with van der Waals surface area (Å²) < 4.78 is 15.1. The number of rotatable bonds is 5. The lowest BCUT2D eigenvalue weighted by molar-refractivity contribution is 0.0952. The van der Waals surface area contributed by atoms with Crippen LogP contribution in [0, 0.1) is 5.95 Å². The zero-order chi connectivity index (χ0) is 24.5. The summed E-state index contributed by atoms with van der Waals surface area (Å²) in [5.41, 5.74) is 6.26. The Morgan fingerprint density at radius 2 is 1.74 bits per heavy atom. The minimum absolute atomic E-state index is 0.231. The maximum absolute atomic E-state index is 13.5. The van der Waals surface area contributed by atoms with E-state index in [1.165, 1.54) is 23.3 Å². The number of carbonyl (C=O) groups is 1. The Bertz CT molecular complexity index is 1550. The van der Waals surface area contributed by atoms with Crippen molar-refractivity contribution in [1.29, 1.82) is 0 Å². The first-order valence-corrected chi connectivity index (χ1v) is 11.2. The maximum Gasteiger partial charge on any atom is 0.275 e. The fraction of sp³-hybridized carbons (Fsp3) is 0.0400. The van der Waals surface area contributed by atoms with Crippen LogP contribution in [-0.4, -0.2) is 32.5 Å². The molecular formula is C25H17Cl2FN6O. The monoisotopic (exact) mass is 506 g/mol. The summed E-state index contributed by atoms with van der Waals surface area (Å²) in [7, 11) is 1.56. The molecule has 0 aliphatic heterocycles. The maximum atomic E-state index is 13.5. The normalized spacial score (nSPS) is 11.0. The molecular weight excluding hydrogens is 490 g/mol. The largest absolute Gasteiger partial charge is 0.275 e. The number of hydrazine groups is 1. The van der Waals surface area contributed by atoms with Crippen LogP contribution in [0.15, 0.2) is 79.1 Å². The van der Waals surface area contributed by atoms with E-state index in [1.807, 2.05) is 30.3 Å². The smallest absolute Gasteiger partial charge is 0.271 e. The molecule has 0 aliphatic rings. The van der Waals surface area contributed by atoms with Crippen molar-refractivity contribution < 1.29 is 9.18 Å². The van der Waals surface area contributed by atoms with E-state index in [-0.39, 0.29) is 11.4 Å². The summed E-state index contributed by atoms with van der Waals surface area (Å²) in [5, 5.41) is 6.94. The number of hydrogen-bond donors (Lipinski definition) is 1. The first-order valence-electron chi connectivity index (χ1n) is 10.5. The Hall–Kier alpha value is -4.01. The molecule has 35 heavy (non-hydrogen) atoms. The van der Waals surface area contributed by atoms with Crippen molar-refractivity contribution in [3.63, 3.8) is 0 Å². The summed E-state index contributed by atoms with van der Waals surface area (Å²) >= 11 is 12.6. The summed E-state index contributed by atoms with van der Waals surface area (Å²) in [6.45, 7) is 0. The van der Waals surface area contributed by atoms with E-state index in [4.69, 9.17) is 23.2 Å². The van der Waals surface area contributed by atoms with Crippen molar-refractivity contribution in [2.75, 3.05) is 12.1 Å². The molecule has 0 saturated carbocycles. The molecule has 0 aliphatic carbocycles. The Morgan fingerprint density at radius 1 is 0.971 bits per heavy atom. The highest BCUT2D eigenvalue weighted by Gasteiger charge is 2.21. The second-order valence-corrected chi connectivity index (χ2v) is 8.46. The summed E-state index contributed by atoms with van der Waals surface area (Å²) in [6.07, 6.45) is 3.09. The van der Waals surface area contributed by atoms with Crippen LogP contribution in [0.1, 0.15) is 10.4 Å². The molecule has 0 atom stereocenters. The number of nitrogens with zero attached hydrogens (tertiary/aromatic N) is 5. The van der Waals surface area contributed by atoms with Gasteiger partial charge in [-0.15, -0.1) is 0 Å². The highest BCUT2D eigenvalue weighted by atomic mass is 35.5. The number of carbonyl (C=O) groups excluding carboxylic acids is 1. The Labute approximate surface area is 209 Å². The first kappa shape index (κ1) is 22.8. The molecule has 174 valence electrons. The van der Waals surface area contributed by atoms with Crippen LogP contribution in [0.2, 0.25) is 10.0 Å². The van der Waals surface area contributed by atoms with E-state index in [1.54, 1.807) is 42.0 Å². The fourth-order valence-corrected chi connectivity index (χ4v) is 4.07. The van der Waals surface area contributed by atoms with Gasteiger partial charge in [-0.05, 0) is 30.3 Å². The summed E-state index contributed by atoms with van der Waals surface area (Å²) in [4.78, 5) is 21.4. The summed E-state index contributed by atoms with van der Waals surface area (Å²) in [5.74, 6) is -0.889. The van der Waals surface area contributed by atoms with Gasteiger partial charge in [0.15, 0.2) is 5.65 Å². The molecule has 2 aromatic carbocycles. The van der Waals surface area contributed by atoms with Crippen LogP contribution < -0.4 is 10.4 Å². The van der Waals surface area contributed by atoms with Gasteiger partial charge in [-0.3, -0.25) is 15.2 Å². The lowest BCUT2D eigenvalue weighted by Gasteiger charge is -2.18. The van der Waals surface area contributed by atoms with Gasteiger partial charge >= 0.3 is 0 Å². The SMILES string of the molecule is CN(NC(=O)c1cnn2c(-c3ccc(Cl)cc3)c(-c3ccccc3Cl)cnc12)c1cccc(F)n1. The van der Waals surface area contributed by atoms with Gasteiger partial charge in [0.25, 0.3) is 5.91 Å². The van der Waals surface area contributed by atoms with Crippen molar-refractivity contribution in [3.8, 4) is 22.4 Å². The zero-order valence-electron chi connectivity index (χ0n) is 18.3. The van der Waals surface area contributed by atoms with Crippen LogP contribution in [0.25, 0.3) is 28.0 Å². The first-order chi connectivity index (χ1) is 16.9. The van der Waals surface area contributed by atoms with Gasteiger partial charge in [-0.1, -0.05) is 59.6 Å². The Morgan fingerprint density at radius 3 is 2.49 bits per heavy atom. The van der Waals surface area contributed by atoms with Crippen molar-refractivity contribution >= 4 is 40.6 Å². The van der Waals surface area contributed by atoms with Crippen LogP contribution >= 0.6 is 23.2 Å². The van der Waals surface area contributed by atoms with Crippen LogP contribution in [-0.2, 0) is 0 Å². The molecule has 5 rings (SSSR count). The van der Waals surface area contributed by atoms with Gasteiger partial charge in [0.2, 0.25) is 5.95 Å². The lowest BCUT2D eigenvalue weighted by Crippen LogP contribution is -2.40. The van der Waals surface area contributed by atoms with Crippen molar-refractivity contribution in [3.05, 3.63) is 101 Å². The minimum Gasteiger partial charge on any atom is -0.271 e. The van der Waals surface area contributed by atoms with Crippen molar-refractivity contribution in [2.45, 2.75) is 0 Å². The molecule has 0 unspecified atom stereocenters. The molecule has 0 radical (unpaired) electrons. The van der Waals surface area contributed by atoms with E-state index < -0.39 is 11.9 Å². The molecule has 3 aromatic heterocycles. The summed E-state index contributed by atoms with van der Waals surface area (Å²) in [6, 6.07) is 19.0. The van der Waals surface area contributed by atoms with Gasteiger partial charge in [0.1, 0.15) is 11.4 Å². The number of anilines is 1. The van der Waals surface area contributed by atoms with Crippen LogP contribution in [0.5, 0.6) is 0 Å². The molecule has 7 nitrogen and oxygen atoms in total. The average molecular weight is 507 g/mol. The number of fused-ring (bicyclic) bond motifs is 1.